The second-order valence-electron chi connectivity index (χ2n) is 8.82. The highest BCUT2D eigenvalue weighted by atomic mass is 19.3. The summed E-state index contributed by atoms with van der Waals surface area (Å²) in [5.41, 5.74) is 0.339. The molecule has 29 heavy (non-hydrogen) atoms. The van der Waals surface area contributed by atoms with Gasteiger partial charge in [0.25, 0.3) is 5.92 Å². The zero-order valence-electron chi connectivity index (χ0n) is 16.6. The summed E-state index contributed by atoms with van der Waals surface area (Å²) >= 11 is 0. The Hall–Kier alpha value is -2.06. The monoisotopic (exact) mass is 410 g/mol. The predicted octanol–water partition coefficient (Wildman–Crippen LogP) is 2.70. The Morgan fingerprint density at radius 1 is 1.24 bits per heavy atom. The van der Waals surface area contributed by atoms with Gasteiger partial charge in [-0.2, -0.15) is 13.8 Å². The molecule has 0 amide bonds. The topological polar surface area (TPSA) is 58.6 Å². The third kappa shape index (κ3) is 2.95. The van der Waals surface area contributed by atoms with E-state index in [4.69, 9.17) is 4.74 Å². The molecule has 5 rings (SSSR count). The van der Waals surface area contributed by atoms with Crippen molar-refractivity contribution in [1.29, 1.82) is 0 Å². The number of methoxy groups -OCH3 is 1. The third-order valence-corrected chi connectivity index (χ3v) is 7.18. The van der Waals surface area contributed by atoms with E-state index >= 15 is 0 Å². The Morgan fingerprint density at radius 2 is 1.97 bits per heavy atom. The zero-order chi connectivity index (χ0) is 20.5. The van der Waals surface area contributed by atoms with Gasteiger partial charge in [0.05, 0.1) is 19.7 Å². The Labute approximate surface area is 167 Å². The van der Waals surface area contributed by atoms with Crippen LogP contribution in [0.4, 0.5) is 24.9 Å². The van der Waals surface area contributed by atoms with Gasteiger partial charge in [-0.05, 0) is 37.5 Å². The first-order valence-electron chi connectivity index (χ1n) is 10.3. The van der Waals surface area contributed by atoms with Gasteiger partial charge in [-0.25, -0.2) is 9.37 Å². The Bertz CT molecular complexity index is 839. The van der Waals surface area contributed by atoms with Crippen molar-refractivity contribution in [2.24, 2.45) is 17.8 Å². The van der Waals surface area contributed by atoms with Crippen LogP contribution in [0.15, 0.2) is 0 Å². The fourth-order valence-electron chi connectivity index (χ4n) is 5.22. The highest BCUT2D eigenvalue weighted by Gasteiger charge is 2.57. The number of piperidine rings is 1. The lowest BCUT2D eigenvalue weighted by Gasteiger charge is -2.43. The number of nitrogens with zero attached hydrogens (tertiary/aromatic N) is 4. The van der Waals surface area contributed by atoms with Gasteiger partial charge in [-0.1, -0.05) is 0 Å². The van der Waals surface area contributed by atoms with Crippen molar-refractivity contribution in [3.63, 3.8) is 0 Å². The summed E-state index contributed by atoms with van der Waals surface area (Å²) in [5, 5.41) is 0. The minimum atomic E-state index is -2.99. The molecule has 0 N–H and O–H groups in total. The normalized spacial score (nSPS) is 34.3. The van der Waals surface area contributed by atoms with E-state index in [-0.39, 0.29) is 30.6 Å². The molecule has 1 aromatic rings. The van der Waals surface area contributed by atoms with E-state index in [1.54, 1.807) is 11.8 Å². The average Bonchev–Trinajstić information content (AvgIpc) is 3.12. The number of anilines is 2. The van der Waals surface area contributed by atoms with E-state index in [0.29, 0.717) is 61.5 Å². The maximum absolute atomic E-state index is 14.7. The lowest BCUT2D eigenvalue weighted by atomic mass is 9.92. The molecule has 4 aliphatic rings. The van der Waals surface area contributed by atoms with Crippen LogP contribution in [-0.2, 0) is 21.9 Å². The molecule has 0 radical (unpaired) electrons. The largest absolute Gasteiger partial charge is 0.469 e. The number of hydrogen-bond acceptors (Lipinski definition) is 6. The minimum Gasteiger partial charge on any atom is -0.469 e. The molecule has 1 saturated carbocycles. The Balaban J connectivity index is 1.44. The molecule has 5 atom stereocenters. The smallest absolute Gasteiger partial charge is 0.305 e. The van der Waals surface area contributed by atoms with Crippen LogP contribution in [0.1, 0.15) is 37.4 Å². The van der Waals surface area contributed by atoms with Gasteiger partial charge in [0.2, 0.25) is 5.95 Å². The Kier molecular flexibility index (Phi) is 4.22. The van der Waals surface area contributed by atoms with E-state index in [0.717, 1.165) is 0 Å². The van der Waals surface area contributed by atoms with E-state index in [9.17, 15) is 18.0 Å². The number of carbonyl (C=O) groups is 1. The summed E-state index contributed by atoms with van der Waals surface area (Å²) in [6.45, 7) is 3.25. The lowest BCUT2D eigenvalue weighted by Crippen LogP contribution is -2.57. The van der Waals surface area contributed by atoms with E-state index < -0.39 is 18.1 Å². The maximum Gasteiger partial charge on any atom is 0.305 e. The van der Waals surface area contributed by atoms with Crippen molar-refractivity contribution in [3.05, 3.63) is 11.3 Å². The van der Waals surface area contributed by atoms with Crippen LogP contribution >= 0.6 is 0 Å². The summed E-state index contributed by atoms with van der Waals surface area (Å²) in [7, 11) is 1.39. The number of ether oxygens (including phenoxy) is 1. The minimum absolute atomic E-state index is 0.136. The fourth-order valence-corrected chi connectivity index (χ4v) is 5.22. The molecule has 0 bridgehead atoms. The Morgan fingerprint density at radius 3 is 2.59 bits per heavy atom. The van der Waals surface area contributed by atoms with Crippen molar-refractivity contribution in [2.75, 3.05) is 36.5 Å². The van der Waals surface area contributed by atoms with Crippen LogP contribution in [-0.4, -0.2) is 54.9 Å². The maximum atomic E-state index is 14.7. The molecular formula is C20H25F3N4O2. The number of carbonyl (C=O) groups excluding carboxylic acids is 1. The van der Waals surface area contributed by atoms with Gasteiger partial charge in [-0.15, -0.1) is 0 Å². The summed E-state index contributed by atoms with van der Waals surface area (Å²) in [4.78, 5) is 24.1. The molecule has 2 aliphatic carbocycles. The van der Waals surface area contributed by atoms with Gasteiger partial charge in [-0.3, -0.25) is 4.79 Å². The molecule has 158 valence electrons. The van der Waals surface area contributed by atoms with E-state index in [2.05, 4.69) is 14.9 Å². The number of aromatic nitrogens is 2. The van der Waals surface area contributed by atoms with Gasteiger partial charge in [0, 0.05) is 31.5 Å². The first-order chi connectivity index (χ1) is 13.8. The zero-order valence-corrected chi connectivity index (χ0v) is 16.6. The molecule has 0 spiro atoms. The number of fused-ring (bicyclic) bond motifs is 2. The molecule has 6 nitrogen and oxygen atoms in total. The van der Waals surface area contributed by atoms with Crippen molar-refractivity contribution < 1.29 is 22.7 Å². The highest BCUT2D eigenvalue weighted by molar-refractivity contribution is 5.70. The van der Waals surface area contributed by atoms with Crippen molar-refractivity contribution in [3.8, 4) is 0 Å². The second-order valence-corrected chi connectivity index (χ2v) is 8.82. The van der Waals surface area contributed by atoms with E-state index in [1.165, 1.54) is 7.11 Å². The number of alkyl halides is 3. The standard InChI is InChI=1S/C20H25F3N4O2/c1-10-15(21)9-27(10)19-24-17-11(4-3-5-20(17,22)23)18(25-19)26-7-13-12(14(13)8-26)6-16(28)29-2/h10,12-15H,3-9H2,1-2H3/t10?,12-,13-,14+,15?. The average molecular weight is 410 g/mol. The number of hydrogen-bond donors (Lipinski definition) is 0. The van der Waals surface area contributed by atoms with Gasteiger partial charge >= 0.3 is 5.97 Å². The summed E-state index contributed by atoms with van der Waals surface area (Å²) in [6.07, 6.45) is 0.127. The van der Waals surface area contributed by atoms with Crippen molar-refractivity contribution in [1.82, 2.24) is 9.97 Å². The molecule has 9 heteroatoms. The van der Waals surface area contributed by atoms with Crippen LogP contribution in [0.25, 0.3) is 0 Å². The van der Waals surface area contributed by atoms with Crippen LogP contribution in [0.5, 0.6) is 0 Å². The molecule has 2 unspecified atom stereocenters. The molecule has 0 aromatic carbocycles. The molecular weight excluding hydrogens is 385 g/mol. The van der Waals surface area contributed by atoms with Crippen LogP contribution in [0.2, 0.25) is 0 Å². The number of halogens is 3. The number of rotatable bonds is 4. The van der Waals surface area contributed by atoms with Crippen LogP contribution < -0.4 is 9.80 Å². The van der Waals surface area contributed by atoms with E-state index in [1.807, 2.05) is 0 Å². The second kappa shape index (κ2) is 6.47. The first-order valence-corrected chi connectivity index (χ1v) is 10.3. The molecule has 1 aromatic heterocycles. The van der Waals surface area contributed by atoms with Gasteiger partial charge in [0.15, 0.2) is 0 Å². The fraction of sp³-hybridized carbons (Fsp3) is 0.750. The highest BCUT2D eigenvalue weighted by Crippen LogP contribution is 2.55. The first kappa shape index (κ1) is 18.9. The summed E-state index contributed by atoms with van der Waals surface area (Å²) < 4.78 is 47.8. The van der Waals surface area contributed by atoms with Crippen molar-refractivity contribution in [2.45, 2.75) is 50.7 Å². The molecule has 3 heterocycles. The van der Waals surface area contributed by atoms with Crippen LogP contribution in [0, 0.1) is 17.8 Å². The summed E-state index contributed by atoms with van der Waals surface area (Å²) in [5.74, 6) is -1.38. The van der Waals surface area contributed by atoms with Gasteiger partial charge < -0.3 is 14.5 Å². The predicted molar refractivity (Wildman–Crippen MR) is 99.9 cm³/mol. The molecule has 2 aliphatic heterocycles. The lowest BCUT2D eigenvalue weighted by molar-refractivity contribution is -0.141. The molecule has 2 saturated heterocycles. The van der Waals surface area contributed by atoms with Crippen molar-refractivity contribution >= 4 is 17.7 Å². The van der Waals surface area contributed by atoms with Gasteiger partial charge in [0.1, 0.15) is 17.7 Å². The number of esters is 1. The van der Waals surface area contributed by atoms with Crippen LogP contribution in [0.3, 0.4) is 0 Å². The molecule has 3 fully saturated rings. The SMILES string of the molecule is COC(=O)C[C@@H]1[C@H]2CN(c3nc(N4CC(F)C4C)nc4c3CCCC4(F)F)C[C@@H]12. The quantitative estimate of drug-likeness (QED) is 0.712. The third-order valence-electron chi connectivity index (χ3n) is 7.18. The summed E-state index contributed by atoms with van der Waals surface area (Å²) in [6, 6.07) is -0.408.